The second-order valence-corrected chi connectivity index (χ2v) is 8.19. The Kier molecular flexibility index (Phi) is 6.20. The molecule has 0 bridgehead atoms. The number of nitrogens with zero attached hydrogens (tertiary/aromatic N) is 2. The lowest BCUT2D eigenvalue weighted by atomic mass is 10.1. The minimum Gasteiger partial charge on any atom is -0.488 e. The smallest absolute Gasteiger partial charge is 0.280 e. The fourth-order valence-electron chi connectivity index (χ4n) is 3.17. The van der Waals surface area contributed by atoms with Crippen LogP contribution in [0.4, 0.5) is 10.1 Å². The first-order valence-electron chi connectivity index (χ1n) is 9.46. The van der Waals surface area contributed by atoms with Gasteiger partial charge in [-0.15, -0.1) is 0 Å². The summed E-state index contributed by atoms with van der Waals surface area (Å²) in [4.78, 5) is 13.0. The number of benzene rings is 3. The molecule has 0 fully saturated rings. The Morgan fingerprint density at radius 2 is 1.90 bits per heavy atom. The lowest BCUT2D eigenvalue weighted by Crippen LogP contribution is -2.21. The highest BCUT2D eigenvalue weighted by Gasteiger charge is 2.29. The highest BCUT2D eigenvalue weighted by Crippen LogP contribution is 2.30. The predicted octanol–water partition coefficient (Wildman–Crippen LogP) is 6.63. The molecule has 1 aliphatic heterocycles. The van der Waals surface area contributed by atoms with Crippen molar-refractivity contribution in [1.29, 1.82) is 0 Å². The number of rotatable bonds is 5. The molecule has 3 aromatic carbocycles. The maximum Gasteiger partial charge on any atom is 0.280 e. The molecule has 0 unspecified atom stereocenters. The molecule has 1 amide bonds. The molecule has 1 heterocycles. The van der Waals surface area contributed by atoms with Gasteiger partial charge in [0.1, 0.15) is 18.2 Å². The van der Waals surface area contributed by atoms with E-state index in [2.05, 4.69) is 21.0 Å². The van der Waals surface area contributed by atoms with Gasteiger partial charge in [0, 0.05) is 15.6 Å². The van der Waals surface area contributed by atoms with Gasteiger partial charge in [-0.2, -0.15) is 10.1 Å². The van der Waals surface area contributed by atoms with Gasteiger partial charge in [0.05, 0.1) is 22.0 Å². The van der Waals surface area contributed by atoms with Gasteiger partial charge < -0.3 is 4.74 Å². The van der Waals surface area contributed by atoms with Crippen LogP contribution in [0, 0.1) is 5.82 Å². The third kappa shape index (κ3) is 4.55. The molecule has 0 spiro atoms. The third-order valence-corrected chi connectivity index (χ3v) is 5.62. The van der Waals surface area contributed by atoms with E-state index in [1.54, 1.807) is 31.2 Å². The van der Waals surface area contributed by atoms with Crippen LogP contribution in [0.25, 0.3) is 6.08 Å². The molecule has 0 saturated carbocycles. The van der Waals surface area contributed by atoms with E-state index >= 15 is 0 Å². The van der Waals surface area contributed by atoms with E-state index < -0.39 is 5.82 Å². The van der Waals surface area contributed by atoms with E-state index in [0.29, 0.717) is 33.3 Å². The maximum atomic E-state index is 14.1. The first-order valence-corrected chi connectivity index (χ1v) is 10.6. The second kappa shape index (κ2) is 9.04. The summed E-state index contributed by atoms with van der Waals surface area (Å²) in [5.41, 5.74) is 2.67. The molecule has 7 heteroatoms. The minimum atomic E-state index is -0.433. The summed E-state index contributed by atoms with van der Waals surface area (Å²) in [6, 6.07) is 19.1. The molecule has 4 rings (SSSR count). The van der Waals surface area contributed by atoms with Crippen LogP contribution < -0.4 is 9.75 Å². The molecule has 156 valence electrons. The number of hydrogen-bond acceptors (Lipinski definition) is 3. The number of carbonyl (C=O) groups excluding carboxylic acids is 1. The summed E-state index contributed by atoms with van der Waals surface area (Å²) in [7, 11) is 0. The minimum absolute atomic E-state index is 0.0412. The van der Waals surface area contributed by atoms with Gasteiger partial charge >= 0.3 is 0 Å². The van der Waals surface area contributed by atoms with Gasteiger partial charge in [0.25, 0.3) is 5.91 Å². The van der Waals surface area contributed by atoms with Crippen molar-refractivity contribution >= 4 is 50.9 Å². The zero-order valence-corrected chi connectivity index (χ0v) is 18.8. The number of amides is 1. The summed E-state index contributed by atoms with van der Waals surface area (Å²) in [6.45, 7) is 1.74. The first-order chi connectivity index (χ1) is 14.9. The molecule has 4 nitrogen and oxygen atoms in total. The van der Waals surface area contributed by atoms with Crippen molar-refractivity contribution in [2.24, 2.45) is 5.10 Å². The van der Waals surface area contributed by atoms with Gasteiger partial charge in [-0.3, -0.25) is 4.79 Å². The van der Waals surface area contributed by atoms with Crippen molar-refractivity contribution in [3.05, 3.63) is 98.7 Å². The molecule has 0 saturated heterocycles. The van der Waals surface area contributed by atoms with Gasteiger partial charge in [0.2, 0.25) is 0 Å². The summed E-state index contributed by atoms with van der Waals surface area (Å²) in [5.74, 6) is -0.169. The highest BCUT2D eigenvalue weighted by atomic mass is 79.9. The zero-order chi connectivity index (χ0) is 22.0. The SMILES string of the molecule is CC1=NN(c2ccccc2)C(=O)/C1=C/c1cc(Br)ccc1OCc1c(F)cccc1Cl. The fraction of sp³-hybridized carbons (Fsp3) is 0.0833. The van der Waals surface area contributed by atoms with Crippen LogP contribution in [0.2, 0.25) is 5.02 Å². The van der Waals surface area contributed by atoms with Crippen LogP contribution in [0.5, 0.6) is 5.75 Å². The highest BCUT2D eigenvalue weighted by molar-refractivity contribution is 9.10. The topological polar surface area (TPSA) is 41.9 Å². The quantitative estimate of drug-likeness (QED) is 0.370. The van der Waals surface area contributed by atoms with E-state index in [0.717, 1.165) is 4.47 Å². The molecule has 1 aliphatic rings. The number of para-hydroxylation sites is 1. The van der Waals surface area contributed by atoms with Gasteiger partial charge in [0.15, 0.2) is 0 Å². The number of ether oxygens (including phenoxy) is 1. The van der Waals surface area contributed by atoms with Crippen LogP contribution in [-0.4, -0.2) is 11.6 Å². The molecule has 31 heavy (non-hydrogen) atoms. The van der Waals surface area contributed by atoms with E-state index in [4.69, 9.17) is 16.3 Å². The molecular weight excluding hydrogens is 483 g/mol. The van der Waals surface area contributed by atoms with Crippen molar-refractivity contribution in [2.45, 2.75) is 13.5 Å². The molecule has 3 aromatic rings. The Hall–Kier alpha value is -2.96. The van der Waals surface area contributed by atoms with Crippen LogP contribution in [0.3, 0.4) is 0 Å². The van der Waals surface area contributed by atoms with E-state index in [9.17, 15) is 9.18 Å². The zero-order valence-electron chi connectivity index (χ0n) is 16.5. The number of carbonyl (C=O) groups is 1. The number of hydrazone groups is 1. The van der Waals surface area contributed by atoms with Gasteiger partial charge in [-0.05, 0) is 55.5 Å². The lowest BCUT2D eigenvalue weighted by molar-refractivity contribution is -0.114. The molecule has 0 aliphatic carbocycles. The first kappa shape index (κ1) is 21.3. The van der Waals surface area contributed by atoms with Crippen molar-refractivity contribution in [3.8, 4) is 5.75 Å². The Bertz CT molecular complexity index is 1190. The third-order valence-electron chi connectivity index (χ3n) is 4.77. The molecule has 0 radical (unpaired) electrons. The summed E-state index contributed by atoms with van der Waals surface area (Å²) >= 11 is 9.56. The summed E-state index contributed by atoms with van der Waals surface area (Å²) < 4.78 is 20.8. The van der Waals surface area contributed by atoms with Crippen LogP contribution in [0.1, 0.15) is 18.1 Å². The van der Waals surface area contributed by atoms with E-state index in [-0.39, 0.29) is 18.1 Å². The Balaban J connectivity index is 1.64. The Morgan fingerprint density at radius 1 is 1.13 bits per heavy atom. The van der Waals surface area contributed by atoms with Gasteiger partial charge in [-0.1, -0.05) is 51.8 Å². The molecular formula is C24H17BrClFN2O2. The maximum absolute atomic E-state index is 14.1. The second-order valence-electron chi connectivity index (χ2n) is 6.87. The summed E-state index contributed by atoms with van der Waals surface area (Å²) in [5, 5.41) is 6.07. The largest absolute Gasteiger partial charge is 0.488 e. The standard InChI is InChI=1S/C24H17BrClFN2O2/c1-15-19(24(30)29(28-15)18-6-3-2-4-7-18)13-16-12-17(25)10-11-23(16)31-14-20-21(26)8-5-9-22(20)27/h2-13H,14H2,1H3/b19-13+. The predicted molar refractivity (Wildman–Crippen MR) is 125 cm³/mol. The average molecular weight is 500 g/mol. The molecule has 0 N–H and O–H groups in total. The van der Waals surface area contributed by atoms with Crippen LogP contribution >= 0.6 is 27.5 Å². The Morgan fingerprint density at radius 3 is 2.65 bits per heavy atom. The van der Waals surface area contributed by atoms with Crippen molar-refractivity contribution < 1.29 is 13.9 Å². The Labute approximate surface area is 192 Å². The van der Waals surface area contributed by atoms with E-state index in [1.807, 2.05) is 42.5 Å². The van der Waals surface area contributed by atoms with Crippen molar-refractivity contribution in [3.63, 3.8) is 0 Å². The number of anilines is 1. The van der Waals surface area contributed by atoms with Crippen molar-refractivity contribution in [2.75, 3.05) is 5.01 Å². The number of hydrogen-bond donors (Lipinski definition) is 0. The monoisotopic (exact) mass is 498 g/mol. The lowest BCUT2D eigenvalue weighted by Gasteiger charge is -2.13. The molecule has 0 aromatic heterocycles. The fourth-order valence-corrected chi connectivity index (χ4v) is 3.76. The average Bonchev–Trinajstić information content (AvgIpc) is 3.03. The number of halogens is 3. The van der Waals surface area contributed by atoms with Gasteiger partial charge in [-0.25, -0.2) is 4.39 Å². The van der Waals surface area contributed by atoms with Crippen LogP contribution in [-0.2, 0) is 11.4 Å². The van der Waals surface area contributed by atoms with E-state index in [1.165, 1.54) is 11.1 Å². The summed E-state index contributed by atoms with van der Waals surface area (Å²) in [6.07, 6.45) is 1.73. The van der Waals surface area contributed by atoms with Crippen LogP contribution in [0.15, 0.2) is 81.9 Å². The molecule has 0 atom stereocenters. The van der Waals surface area contributed by atoms with Crippen molar-refractivity contribution in [1.82, 2.24) is 0 Å². The normalized spacial score (nSPS) is 14.8.